The minimum atomic E-state index is 0.964. The highest BCUT2D eigenvalue weighted by atomic mass is 16.4. The van der Waals surface area contributed by atoms with E-state index in [0.29, 0.717) is 0 Å². The first-order chi connectivity index (χ1) is 9.84. The summed E-state index contributed by atoms with van der Waals surface area (Å²) in [6, 6.07) is 18.8. The van der Waals surface area contributed by atoms with Crippen LogP contribution in [0.4, 0.5) is 0 Å². The normalized spacial score (nSPS) is 14.7. The van der Waals surface area contributed by atoms with Crippen molar-refractivity contribution in [1.29, 1.82) is 0 Å². The molecule has 0 saturated heterocycles. The van der Waals surface area contributed by atoms with Crippen LogP contribution in [0.5, 0.6) is 0 Å². The Labute approximate surface area is 118 Å². The van der Waals surface area contributed by atoms with Crippen molar-refractivity contribution < 1.29 is 8.98 Å². The van der Waals surface area contributed by atoms with Gasteiger partial charge in [-0.05, 0) is 24.1 Å². The van der Waals surface area contributed by atoms with Crippen LogP contribution in [0.25, 0.3) is 16.7 Å². The van der Waals surface area contributed by atoms with E-state index in [9.17, 15) is 0 Å². The number of aromatic nitrogens is 1. The molecule has 0 amide bonds. The Kier molecular flexibility index (Phi) is 2.49. The van der Waals surface area contributed by atoms with Gasteiger partial charge in [-0.25, -0.2) is 0 Å². The fourth-order valence-corrected chi connectivity index (χ4v) is 3.00. The molecule has 2 aromatic carbocycles. The third-order valence-corrected chi connectivity index (χ3v) is 4.02. The summed E-state index contributed by atoms with van der Waals surface area (Å²) in [6.45, 7) is 3.20. The second-order valence-corrected chi connectivity index (χ2v) is 5.30. The second-order valence-electron chi connectivity index (χ2n) is 5.30. The minimum absolute atomic E-state index is 0.964. The average Bonchev–Trinajstić information content (AvgIpc) is 2.86. The summed E-state index contributed by atoms with van der Waals surface area (Å²) in [7, 11) is 0. The molecule has 3 aromatic rings. The number of oxazole rings is 1. The van der Waals surface area contributed by atoms with E-state index in [1.807, 2.05) is 12.1 Å². The van der Waals surface area contributed by atoms with Crippen molar-refractivity contribution in [1.82, 2.24) is 0 Å². The Morgan fingerprint density at radius 1 is 0.950 bits per heavy atom. The van der Waals surface area contributed by atoms with Crippen molar-refractivity contribution in [2.24, 2.45) is 0 Å². The van der Waals surface area contributed by atoms with Crippen LogP contribution in [0.15, 0.2) is 64.6 Å². The molecular formula is C18H16NO+. The van der Waals surface area contributed by atoms with Gasteiger partial charge in [0.05, 0.1) is 5.57 Å². The molecule has 0 spiro atoms. The molecule has 0 radical (unpaired) electrons. The molecule has 0 N–H and O–H groups in total. The van der Waals surface area contributed by atoms with Crippen LogP contribution < -0.4 is 4.57 Å². The fraction of sp³-hybridized carbons (Fsp3) is 0.167. The van der Waals surface area contributed by atoms with E-state index in [1.54, 1.807) is 0 Å². The summed E-state index contributed by atoms with van der Waals surface area (Å²) in [6.07, 6.45) is 1.07. The molecule has 1 aliphatic heterocycles. The Hall–Kier alpha value is -2.35. The van der Waals surface area contributed by atoms with Crippen molar-refractivity contribution >= 4 is 16.7 Å². The number of allylic oxidation sites excluding steroid dienone is 1. The minimum Gasteiger partial charge on any atom is -0.398 e. The maximum Gasteiger partial charge on any atom is 0.382 e. The van der Waals surface area contributed by atoms with Crippen LogP contribution in [-0.2, 0) is 6.54 Å². The van der Waals surface area contributed by atoms with E-state index in [4.69, 9.17) is 4.42 Å². The van der Waals surface area contributed by atoms with E-state index in [0.717, 1.165) is 24.4 Å². The first-order valence-corrected chi connectivity index (χ1v) is 7.01. The molecule has 20 heavy (non-hydrogen) atoms. The van der Waals surface area contributed by atoms with Gasteiger partial charge in [0, 0.05) is 12.5 Å². The van der Waals surface area contributed by atoms with Gasteiger partial charge in [-0.3, -0.25) is 0 Å². The van der Waals surface area contributed by atoms with Crippen LogP contribution in [0, 0.1) is 0 Å². The lowest BCUT2D eigenvalue weighted by Gasteiger charge is -2.12. The lowest BCUT2D eigenvalue weighted by atomic mass is 9.96. The maximum absolute atomic E-state index is 6.13. The Morgan fingerprint density at radius 2 is 1.70 bits per heavy atom. The van der Waals surface area contributed by atoms with Crippen LogP contribution in [0.3, 0.4) is 0 Å². The van der Waals surface area contributed by atoms with Gasteiger partial charge < -0.3 is 4.42 Å². The third kappa shape index (κ3) is 1.61. The lowest BCUT2D eigenvalue weighted by molar-refractivity contribution is -0.679. The number of fused-ring (bicyclic) bond motifs is 3. The summed E-state index contributed by atoms with van der Waals surface area (Å²) in [5.74, 6) is 0.987. The number of rotatable bonds is 1. The molecule has 0 atom stereocenters. The highest BCUT2D eigenvalue weighted by Gasteiger charge is 2.31. The van der Waals surface area contributed by atoms with E-state index < -0.39 is 0 Å². The van der Waals surface area contributed by atoms with Gasteiger partial charge in [-0.1, -0.05) is 42.5 Å². The standard InChI is InChI=1S/C18H16NO/c1-13-11-12-19-15-9-5-6-10-16(15)20-18(19)17(13)14-7-3-2-4-8-14/h2-10H,11-12H2,1H3/q+1. The summed E-state index contributed by atoms with van der Waals surface area (Å²) < 4.78 is 8.43. The molecule has 0 fully saturated rings. The molecule has 4 rings (SSSR count). The number of hydrogen-bond acceptors (Lipinski definition) is 1. The van der Waals surface area contributed by atoms with Crippen LogP contribution in [0.2, 0.25) is 0 Å². The molecular weight excluding hydrogens is 246 g/mol. The largest absolute Gasteiger partial charge is 0.398 e. The Balaban J connectivity index is 2.01. The zero-order chi connectivity index (χ0) is 13.5. The fourth-order valence-electron chi connectivity index (χ4n) is 3.00. The first kappa shape index (κ1) is 11.5. The van der Waals surface area contributed by atoms with E-state index in [1.165, 1.54) is 22.2 Å². The molecule has 0 aliphatic carbocycles. The zero-order valence-corrected chi connectivity index (χ0v) is 11.5. The average molecular weight is 262 g/mol. The van der Waals surface area contributed by atoms with Crippen molar-refractivity contribution in [3.8, 4) is 0 Å². The molecule has 98 valence electrons. The second kappa shape index (κ2) is 4.34. The topological polar surface area (TPSA) is 17.0 Å². The molecule has 0 saturated carbocycles. The monoisotopic (exact) mass is 262 g/mol. The smallest absolute Gasteiger partial charge is 0.382 e. The predicted octanol–water partition coefficient (Wildman–Crippen LogP) is 3.95. The molecule has 2 heterocycles. The SMILES string of the molecule is CC1=C(c2ccccc2)c2oc3ccccc3[n+]2CC1. The van der Waals surface area contributed by atoms with Gasteiger partial charge in [0.1, 0.15) is 0 Å². The maximum atomic E-state index is 6.13. The number of aryl methyl sites for hydroxylation is 1. The van der Waals surface area contributed by atoms with E-state index in [2.05, 4.69) is 54.0 Å². The van der Waals surface area contributed by atoms with Crippen molar-refractivity contribution in [3.63, 3.8) is 0 Å². The van der Waals surface area contributed by atoms with Gasteiger partial charge >= 0.3 is 5.89 Å². The molecule has 2 nitrogen and oxygen atoms in total. The number of benzene rings is 2. The first-order valence-electron chi connectivity index (χ1n) is 7.01. The van der Waals surface area contributed by atoms with Crippen LogP contribution in [-0.4, -0.2) is 0 Å². The molecule has 2 heteroatoms. The van der Waals surface area contributed by atoms with Crippen molar-refractivity contribution in [2.45, 2.75) is 19.9 Å². The van der Waals surface area contributed by atoms with Gasteiger partial charge in [0.2, 0.25) is 5.58 Å². The molecule has 0 unspecified atom stereocenters. The summed E-state index contributed by atoms with van der Waals surface area (Å²) >= 11 is 0. The Morgan fingerprint density at radius 3 is 2.55 bits per heavy atom. The van der Waals surface area contributed by atoms with Crippen molar-refractivity contribution in [3.05, 3.63) is 71.6 Å². The number of para-hydroxylation sites is 2. The third-order valence-electron chi connectivity index (χ3n) is 4.02. The molecule has 1 aliphatic rings. The summed E-state index contributed by atoms with van der Waals surface area (Å²) in [4.78, 5) is 0. The summed E-state index contributed by atoms with van der Waals surface area (Å²) in [5, 5.41) is 0. The van der Waals surface area contributed by atoms with Crippen LogP contribution >= 0.6 is 0 Å². The van der Waals surface area contributed by atoms with Gasteiger partial charge in [-0.2, -0.15) is 4.57 Å². The number of nitrogens with zero attached hydrogens (tertiary/aromatic N) is 1. The molecule has 0 bridgehead atoms. The molecule has 1 aromatic heterocycles. The Bertz CT molecular complexity index is 812. The number of hydrogen-bond donors (Lipinski definition) is 0. The predicted molar refractivity (Wildman–Crippen MR) is 79.2 cm³/mol. The highest BCUT2D eigenvalue weighted by Crippen LogP contribution is 2.32. The van der Waals surface area contributed by atoms with Gasteiger partial charge in [0.25, 0.3) is 5.52 Å². The summed E-state index contributed by atoms with van der Waals surface area (Å²) in [5.41, 5.74) is 6.02. The van der Waals surface area contributed by atoms with E-state index >= 15 is 0 Å². The van der Waals surface area contributed by atoms with Crippen molar-refractivity contribution in [2.75, 3.05) is 0 Å². The quantitative estimate of drug-likeness (QED) is 0.607. The van der Waals surface area contributed by atoms with Crippen LogP contribution in [0.1, 0.15) is 24.8 Å². The zero-order valence-electron chi connectivity index (χ0n) is 11.5. The van der Waals surface area contributed by atoms with Gasteiger partial charge in [-0.15, -0.1) is 0 Å². The highest BCUT2D eigenvalue weighted by molar-refractivity contribution is 5.80. The van der Waals surface area contributed by atoms with E-state index in [-0.39, 0.29) is 0 Å². The van der Waals surface area contributed by atoms with Gasteiger partial charge in [0.15, 0.2) is 6.54 Å². The lowest BCUT2D eigenvalue weighted by Crippen LogP contribution is -2.39.